The van der Waals surface area contributed by atoms with Gasteiger partial charge in [0.2, 0.25) is 0 Å². The molecule has 0 aliphatic carbocycles. The fraction of sp³-hybridized carbons (Fsp3) is 0.400. The van der Waals surface area contributed by atoms with Gasteiger partial charge in [-0.05, 0) is 19.4 Å². The summed E-state index contributed by atoms with van der Waals surface area (Å²) in [6.07, 6.45) is 6.72. The second-order valence-electron chi connectivity index (χ2n) is 3.56. The molecule has 0 amide bonds. The Kier molecular flexibility index (Phi) is 2.71. The van der Waals surface area contributed by atoms with Gasteiger partial charge >= 0.3 is 0 Å². The molecule has 5 heteroatoms. The first-order chi connectivity index (χ1) is 7.25. The molecule has 0 spiro atoms. The van der Waals surface area contributed by atoms with E-state index >= 15 is 0 Å². The van der Waals surface area contributed by atoms with Gasteiger partial charge in [-0.1, -0.05) is 0 Å². The Morgan fingerprint density at radius 2 is 2.27 bits per heavy atom. The molecular weight excluding hydrogens is 190 g/mol. The molecule has 2 N–H and O–H groups in total. The van der Waals surface area contributed by atoms with Crippen LogP contribution in [0.15, 0.2) is 24.7 Å². The predicted octanol–water partition coefficient (Wildman–Crippen LogP) is 1.06. The summed E-state index contributed by atoms with van der Waals surface area (Å²) < 4.78 is 3.89. The van der Waals surface area contributed by atoms with Crippen LogP contribution in [0.25, 0.3) is 0 Å². The third-order valence-corrected chi connectivity index (χ3v) is 2.27. The van der Waals surface area contributed by atoms with E-state index in [0.29, 0.717) is 5.95 Å². The number of aryl methyl sites for hydroxylation is 3. The largest absolute Gasteiger partial charge is 0.369 e. The molecule has 5 nitrogen and oxygen atoms in total. The summed E-state index contributed by atoms with van der Waals surface area (Å²) >= 11 is 0. The molecule has 2 aromatic rings. The lowest BCUT2D eigenvalue weighted by Crippen LogP contribution is -2.06. The molecule has 0 radical (unpaired) electrons. The van der Waals surface area contributed by atoms with Gasteiger partial charge in [-0.3, -0.25) is 4.68 Å². The van der Waals surface area contributed by atoms with E-state index in [0.717, 1.165) is 25.2 Å². The highest BCUT2D eigenvalue weighted by atomic mass is 15.3. The van der Waals surface area contributed by atoms with Gasteiger partial charge in [-0.25, -0.2) is 4.98 Å². The molecule has 2 rings (SSSR count). The van der Waals surface area contributed by atoms with Crippen LogP contribution in [0.2, 0.25) is 0 Å². The molecule has 2 heterocycles. The smallest absolute Gasteiger partial charge is 0.200 e. The van der Waals surface area contributed by atoms with Crippen molar-refractivity contribution < 1.29 is 0 Å². The number of aromatic nitrogens is 4. The summed E-state index contributed by atoms with van der Waals surface area (Å²) in [6, 6.07) is 1.93. The number of rotatable bonds is 4. The fourth-order valence-electron chi connectivity index (χ4n) is 1.58. The van der Waals surface area contributed by atoms with E-state index in [9.17, 15) is 0 Å². The van der Waals surface area contributed by atoms with Crippen LogP contribution >= 0.6 is 0 Å². The summed E-state index contributed by atoms with van der Waals surface area (Å²) in [6.45, 7) is 3.73. The average molecular weight is 205 g/mol. The van der Waals surface area contributed by atoms with E-state index in [1.54, 1.807) is 6.20 Å². The lowest BCUT2D eigenvalue weighted by Gasteiger charge is -2.04. The highest BCUT2D eigenvalue weighted by molar-refractivity contribution is 5.20. The summed E-state index contributed by atoms with van der Waals surface area (Å²) in [7, 11) is 0. The van der Waals surface area contributed by atoms with Gasteiger partial charge in [0.1, 0.15) is 0 Å². The molecule has 0 bridgehead atoms. The molecule has 0 saturated carbocycles. The first kappa shape index (κ1) is 9.76. The molecule has 0 atom stereocenters. The monoisotopic (exact) mass is 205 g/mol. The summed E-state index contributed by atoms with van der Waals surface area (Å²) in [5.41, 5.74) is 6.69. The van der Waals surface area contributed by atoms with Crippen LogP contribution in [-0.2, 0) is 13.1 Å². The Hall–Kier alpha value is -1.78. The van der Waals surface area contributed by atoms with Crippen molar-refractivity contribution in [1.82, 2.24) is 19.3 Å². The Labute approximate surface area is 88.5 Å². The molecule has 15 heavy (non-hydrogen) atoms. The maximum Gasteiger partial charge on any atom is 0.200 e. The van der Waals surface area contributed by atoms with Gasteiger partial charge in [0, 0.05) is 31.7 Å². The van der Waals surface area contributed by atoms with Crippen LogP contribution in [0.5, 0.6) is 0 Å². The van der Waals surface area contributed by atoms with Crippen molar-refractivity contribution in [2.45, 2.75) is 26.4 Å². The van der Waals surface area contributed by atoms with Crippen LogP contribution in [-0.4, -0.2) is 19.3 Å². The molecule has 0 aliphatic rings. The first-order valence-corrected chi connectivity index (χ1v) is 5.02. The van der Waals surface area contributed by atoms with Gasteiger partial charge in [0.05, 0.1) is 5.69 Å². The van der Waals surface area contributed by atoms with E-state index in [1.165, 1.54) is 0 Å². The molecule has 0 fully saturated rings. The Balaban J connectivity index is 1.86. The van der Waals surface area contributed by atoms with Crippen LogP contribution < -0.4 is 5.73 Å². The maximum absolute atomic E-state index is 5.73. The molecule has 0 saturated heterocycles. The number of nitrogens with two attached hydrogens (primary N) is 1. The highest BCUT2D eigenvalue weighted by Crippen LogP contribution is 2.05. The Morgan fingerprint density at radius 1 is 1.40 bits per heavy atom. The number of hydrogen-bond donors (Lipinski definition) is 1. The highest BCUT2D eigenvalue weighted by Gasteiger charge is 2.00. The predicted molar refractivity (Wildman–Crippen MR) is 58.2 cm³/mol. The van der Waals surface area contributed by atoms with Crippen molar-refractivity contribution in [2.75, 3.05) is 5.73 Å². The van der Waals surface area contributed by atoms with E-state index in [2.05, 4.69) is 10.1 Å². The minimum atomic E-state index is 0.591. The van der Waals surface area contributed by atoms with Crippen molar-refractivity contribution in [1.29, 1.82) is 0 Å². The van der Waals surface area contributed by atoms with E-state index < -0.39 is 0 Å². The minimum absolute atomic E-state index is 0.591. The third kappa shape index (κ3) is 2.37. The van der Waals surface area contributed by atoms with E-state index in [4.69, 9.17) is 5.73 Å². The topological polar surface area (TPSA) is 61.7 Å². The Bertz CT molecular complexity index is 415. The molecule has 0 unspecified atom stereocenters. The second kappa shape index (κ2) is 4.16. The minimum Gasteiger partial charge on any atom is -0.369 e. The SMILES string of the molecule is Cc1cn(CCCn2cccn2)c(N)n1. The zero-order valence-corrected chi connectivity index (χ0v) is 8.80. The fourth-order valence-corrected chi connectivity index (χ4v) is 1.58. The zero-order chi connectivity index (χ0) is 10.7. The summed E-state index contributed by atoms with van der Waals surface area (Å²) in [5, 5.41) is 4.14. The lowest BCUT2D eigenvalue weighted by atomic mass is 10.4. The van der Waals surface area contributed by atoms with Crippen molar-refractivity contribution in [3.05, 3.63) is 30.4 Å². The second-order valence-corrected chi connectivity index (χ2v) is 3.56. The van der Waals surface area contributed by atoms with Crippen LogP contribution in [0.4, 0.5) is 5.95 Å². The van der Waals surface area contributed by atoms with Gasteiger partial charge in [-0.15, -0.1) is 0 Å². The normalized spacial score (nSPS) is 10.7. The summed E-state index contributed by atoms with van der Waals surface area (Å²) in [5.74, 6) is 0.591. The number of hydrogen-bond acceptors (Lipinski definition) is 3. The maximum atomic E-state index is 5.73. The van der Waals surface area contributed by atoms with Crippen molar-refractivity contribution in [3.8, 4) is 0 Å². The van der Waals surface area contributed by atoms with E-state index in [1.807, 2.05) is 34.6 Å². The van der Waals surface area contributed by atoms with E-state index in [-0.39, 0.29) is 0 Å². The van der Waals surface area contributed by atoms with Crippen molar-refractivity contribution >= 4 is 5.95 Å². The standard InChI is InChI=1S/C10H15N5/c1-9-8-14(10(11)13-9)5-3-7-15-6-2-4-12-15/h2,4,6,8H,3,5,7H2,1H3,(H2,11,13). The lowest BCUT2D eigenvalue weighted by molar-refractivity contribution is 0.529. The first-order valence-electron chi connectivity index (χ1n) is 5.02. The van der Waals surface area contributed by atoms with Gasteiger partial charge in [0.15, 0.2) is 5.95 Å². The molecule has 0 aromatic carbocycles. The Morgan fingerprint density at radius 3 is 2.87 bits per heavy atom. The molecule has 80 valence electrons. The number of imidazole rings is 1. The number of nitrogens with zero attached hydrogens (tertiary/aromatic N) is 4. The quantitative estimate of drug-likeness (QED) is 0.811. The summed E-state index contributed by atoms with van der Waals surface area (Å²) in [4.78, 5) is 4.15. The zero-order valence-electron chi connectivity index (χ0n) is 8.80. The van der Waals surface area contributed by atoms with Crippen molar-refractivity contribution in [2.24, 2.45) is 0 Å². The van der Waals surface area contributed by atoms with Gasteiger partial charge in [-0.2, -0.15) is 5.10 Å². The van der Waals surface area contributed by atoms with Gasteiger partial charge < -0.3 is 10.3 Å². The van der Waals surface area contributed by atoms with Crippen molar-refractivity contribution in [3.63, 3.8) is 0 Å². The van der Waals surface area contributed by atoms with Crippen LogP contribution in [0.3, 0.4) is 0 Å². The molecule has 2 aromatic heterocycles. The average Bonchev–Trinajstić information content (AvgIpc) is 2.77. The third-order valence-electron chi connectivity index (χ3n) is 2.27. The molecular formula is C10H15N5. The van der Waals surface area contributed by atoms with Crippen LogP contribution in [0.1, 0.15) is 12.1 Å². The number of anilines is 1. The number of nitrogen functional groups attached to an aromatic ring is 1. The van der Waals surface area contributed by atoms with Crippen LogP contribution in [0, 0.1) is 6.92 Å². The van der Waals surface area contributed by atoms with Gasteiger partial charge in [0.25, 0.3) is 0 Å². The molecule has 0 aliphatic heterocycles.